The second kappa shape index (κ2) is 6.53. The Morgan fingerprint density at radius 3 is 2.88 bits per heavy atom. The smallest absolute Gasteiger partial charge is 0.255 e. The Morgan fingerprint density at radius 1 is 1.25 bits per heavy atom. The van der Waals surface area contributed by atoms with E-state index in [4.69, 9.17) is 4.74 Å². The third-order valence-electron chi connectivity index (χ3n) is 4.96. The van der Waals surface area contributed by atoms with Crippen LogP contribution in [0.1, 0.15) is 28.1 Å². The summed E-state index contributed by atoms with van der Waals surface area (Å²) < 4.78 is 10.5. The number of piperidine rings is 1. The first kappa shape index (κ1) is 15.6. The molecule has 2 aromatic rings. The van der Waals surface area contributed by atoms with Crippen molar-refractivity contribution in [2.75, 3.05) is 26.2 Å². The number of para-hydroxylation sites is 1. The maximum absolute atomic E-state index is 12.2. The zero-order chi connectivity index (χ0) is 16.4. The van der Waals surface area contributed by atoms with Crippen LogP contribution in [0.3, 0.4) is 0 Å². The monoisotopic (exact) mass is 343 g/mol. The van der Waals surface area contributed by atoms with Gasteiger partial charge in [-0.1, -0.05) is 12.1 Å². The molecule has 0 atom stereocenters. The first-order valence-corrected chi connectivity index (χ1v) is 9.20. The van der Waals surface area contributed by atoms with Gasteiger partial charge in [0.2, 0.25) is 0 Å². The summed E-state index contributed by atoms with van der Waals surface area (Å²) in [4.78, 5) is 16.0. The minimum Gasteiger partial charge on any atom is -0.485 e. The summed E-state index contributed by atoms with van der Waals surface area (Å²) in [6.45, 7) is 3.64. The number of carbonyl (C=O) groups excluding carboxylic acids is 1. The van der Waals surface area contributed by atoms with Crippen LogP contribution in [-0.2, 0) is 6.42 Å². The van der Waals surface area contributed by atoms with Crippen LogP contribution < -0.4 is 10.1 Å². The van der Waals surface area contributed by atoms with Crippen molar-refractivity contribution in [2.24, 2.45) is 0 Å². The molecule has 2 aliphatic heterocycles. The van der Waals surface area contributed by atoms with Crippen molar-refractivity contribution >= 4 is 17.4 Å². The van der Waals surface area contributed by atoms with Crippen molar-refractivity contribution < 1.29 is 9.53 Å². The zero-order valence-corrected chi connectivity index (χ0v) is 14.3. The van der Waals surface area contributed by atoms with E-state index >= 15 is 0 Å². The van der Waals surface area contributed by atoms with Crippen molar-refractivity contribution in [3.05, 3.63) is 47.0 Å². The molecule has 1 saturated heterocycles. The Morgan fingerprint density at radius 2 is 2.08 bits per heavy atom. The number of benzene rings is 1. The Balaban J connectivity index is 1.40. The van der Waals surface area contributed by atoms with Gasteiger partial charge in [-0.05, 0) is 36.2 Å². The predicted molar refractivity (Wildman–Crippen MR) is 93.6 cm³/mol. The van der Waals surface area contributed by atoms with Gasteiger partial charge in [-0.3, -0.25) is 4.79 Å². The van der Waals surface area contributed by atoms with Crippen LogP contribution in [0.25, 0.3) is 0 Å². The molecule has 1 aromatic heterocycles. The van der Waals surface area contributed by atoms with Crippen LogP contribution >= 0.6 is 11.5 Å². The molecule has 1 aromatic carbocycles. The standard InChI is InChI=1S/C18H21N3O2S/c22-17-15-3-1-2-4-16(15)23-18(13-19-17)7-11-21(12-8-18)10-6-14-5-9-20-24-14/h1-5,9H,6-8,10-13H2,(H,19,22). The molecule has 0 unspecified atom stereocenters. The van der Waals surface area contributed by atoms with Crippen LogP contribution in [0.2, 0.25) is 0 Å². The van der Waals surface area contributed by atoms with E-state index in [9.17, 15) is 4.79 Å². The molecule has 24 heavy (non-hydrogen) atoms. The molecule has 0 bridgehead atoms. The van der Waals surface area contributed by atoms with Crippen LogP contribution in [0.15, 0.2) is 36.5 Å². The number of hydrogen-bond donors (Lipinski definition) is 1. The molecular weight excluding hydrogens is 322 g/mol. The lowest BCUT2D eigenvalue weighted by Crippen LogP contribution is -2.53. The second-order valence-electron chi connectivity index (χ2n) is 6.53. The maximum atomic E-state index is 12.2. The summed E-state index contributed by atoms with van der Waals surface area (Å²) in [6.07, 6.45) is 4.79. The predicted octanol–water partition coefficient (Wildman–Crippen LogP) is 2.34. The number of amides is 1. The van der Waals surface area contributed by atoms with Crippen molar-refractivity contribution in [2.45, 2.75) is 24.9 Å². The van der Waals surface area contributed by atoms with Gasteiger partial charge in [-0.2, -0.15) is 0 Å². The number of hydrogen-bond acceptors (Lipinski definition) is 5. The van der Waals surface area contributed by atoms with E-state index in [0.717, 1.165) is 38.9 Å². The van der Waals surface area contributed by atoms with Gasteiger partial charge in [0.15, 0.2) is 0 Å². The van der Waals surface area contributed by atoms with E-state index in [0.29, 0.717) is 17.9 Å². The molecule has 0 aliphatic carbocycles. The fourth-order valence-corrected chi connectivity index (χ4v) is 4.01. The van der Waals surface area contributed by atoms with Gasteiger partial charge < -0.3 is 15.0 Å². The largest absolute Gasteiger partial charge is 0.485 e. The summed E-state index contributed by atoms with van der Waals surface area (Å²) in [5.74, 6) is 0.681. The van der Waals surface area contributed by atoms with Crippen LogP contribution in [0, 0.1) is 0 Å². The fourth-order valence-electron chi connectivity index (χ4n) is 3.45. The number of carbonyl (C=O) groups is 1. The molecule has 1 fully saturated rings. The zero-order valence-electron chi connectivity index (χ0n) is 13.5. The highest BCUT2D eigenvalue weighted by molar-refractivity contribution is 7.05. The van der Waals surface area contributed by atoms with E-state index in [1.54, 1.807) is 11.5 Å². The number of nitrogens with one attached hydrogen (secondary N) is 1. The van der Waals surface area contributed by atoms with Gasteiger partial charge >= 0.3 is 0 Å². The highest BCUT2D eigenvalue weighted by Gasteiger charge is 2.39. The summed E-state index contributed by atoms with van der Waals surface area (Å²) in [5.41, 5.74) is 0.366. The molecule has 5 nitrogen and oxygen atoms in total. The van der Waals surface area contributed by atoms with Crippen LogP contribution in [0.5, 0.6) is 5.75 Å². The van der Waals surface area contributed by atoms with Crippen molar-refractivity contribution in [3.63, 3.8) is 0 Å². The van der Waals surface area contributed by atoms with Crippen molar-refractivity contribution in [3.8, 4) is 5.75 Å². The van der Waals surface area contributed by atoms with Gasteiger partial charge in [0.1, 0.15) is 11.4 Å². The van der Waals surface area contributed by atoms with E-state index in [1.165, 1.54) is 4.88 Å². The average molecular weight is 343 g/mol. The Bertz CT molecular complexity index is 709. The number of rotatable bonds is 3. The van der Waals surface area contributed by atoms with Gasteiger partial charge in [0.05, 0.1) is 12.1 Å². The van der Waals surface area contributed by atoms with Crippen LogP contribution in [-0.4, -0.2) is 47.0 Å². The molecule has 0 radical (unpaired) electrons. The van der Waals surface area contributed by atoms with Gasteiger partial charge in [-0.15, -0.1) is 0 Å². The van der Waals surface area contributed by atoms with E-state index in [-0.39, 0.29) is 11.5 Å². The Kier molecular flexibility index (Phi) is 4.24. The minimum absolute atomic E-state index is 0.0323. The molecule has 1 amide bonds. The lowest BCUT2D eigenvalue weighted by Gasteiger charge is -2.41. The molecule has 0 saturated carbocycles. The number of nitrogens with zero attached hydrogens (tertiary/aromatic N) is 2. The topological polar surface area (TPSA) is 54.5 Å². The number of ether oxygens (including phenoxy) is 1. The molecule has 126 valence electrons. The number of likely N-dealkylation sites (tertiary alicyclic amines) is 1. The molecule has 1 spiro atoms. The average Bonchev–Trinajstić information content (AvgIpc) is 3.09. The Labute approximate surface area is 145 Å². The highest BCUT2D eigenvalue weighted by atomic mass is 32.1. The number of fused-ring (bicyclic) bond motifs is 1. The second-order valence-corrected chi connectivity index (χ2v) is 7.45. The summed E-state index contributed by atoms with van der Waals surface area (Å²) in [5, 5.41) is 3.04. The molecule has 2 aliphatic rings. The van der Waals surface area contributed by atoms with Crippen molar-refractivity contribution in [1.29, 1.82) is 0 Å². The number of aromatic nitrogens is 1. The molecule has 6 heteroatoms. The molecular formula is C18H21N3O2S. The van der Waals surface area contributed by atoms with Gasteiger partial charge in [-0.25, -0.2) is 4.37 Å². The molecule has 1 N–H and O–H groups in total. The summed E-state index contributed by atoms with van der Waals surface area (Å²) in [6, 6.07) is 9.63. The fraction of sp³-hybridized carbons (Fsp3) is 0.444. The van der Waals surface area contributed by atoms with E-state index < -0.39 is 0 Å². The minimum atomic E-state index is -0.275. The SMILES string of the molecule is O=C1NCC2(CCN(CCc3ccns3)CC2)Oc2ccccc21. The highest BCUT2D eigenvalue weighted by Crippen LogP contribution is 2.32. The molecule has 4 rings (SSSR count). The van der Waals surface area contributed by atoms with E-state index in [2.05, 4.69) is 20.7 Å². The van der Waals surface area contributed by atoms with Gasteiger partial charge in [0, 0.05) is 43.5 Å². The van der Waals surface area contributed by atoms with Crippen molar-refractivity contribution in [1.82, 2.24) is 14.6 Å². The normalized spacial score (nSPS) is 20.1. The quantitative estimate of drug-likeness (QED) is 0.929. The third-order valence-corrected chi connectivity index (χ3v) is 5.76. The maximum Gasteiger partial charge on any atom is 0.255 e. The first-order chi connectivity index (χ1) is 11.7. The third kappa shape index (κ3) is 3.16. The van der Waals surface area contributed by atoms with E-state index in [1.807, 2.05) is 30.5 Å². The lowest BCUT2D eigenvalue weighted by molar-refractivity contribution is 0.00647. The van der Waals surface area contributed by atoms with Gasteiger partial charge in [0.25, 0.3) is 5.91 Å². The molecule has 3 heterocycles. The summed E-state index contributed by atoms with van der Waals surface area (Å²) in [7, 11) is 0. The first-order valence-electron chi connectivity index (χ1n) is 8.42. The Hall–Kier alpha value is -1.92. The summed E-state index contributed by atoms with van der Waals surface area (Å²) >= 11 is 1.58. The lowest BCUT2D eigenvalue weighted by atomic mass is 9.90. The van der Waals surface area contributed by atoms with Crippen LogP contribution in [0.4, 0.5) is 0 Å².